The number of para-hydroxylation sites is 2. The Bertz CT molecular complexity index is 619. The van der Waals surface area contributed by atoms with Gasteiger partial charge in [-0.25, -0.2) is 0 Å². The molecule has 114 valence electrons. The third kappa shape index (κ3) is 3.65. The van der Waals surface area contributed by atoms with Crippen LogP contribution in [0.4, 0.5) is 11.4 Å². The predicted octanol–water partition coefficient (Wildman–Crippen LogP) is 3.09. The number of nitrogens with one attached hydrogen (secondary N) is 1. The number of aliphatic hydroxyl groups is 1. The molecule has 1 fully saturated rings. The molecule has 1 aliphatic rings. The summed E-state index contributed by atoms with van der Waals surface area (Å²) in [6, 6.07) is 18.1. The van der Waals surface area contributed by atoms with Gasteiger partial charge < -0.3 is 10.0 Å². The summed E-state index contributed by atoms with van der Waals surface area (Å²) in [6.07, 6.45) is 3.35. The van der Waals surface area contributed by atoms with Gasteiger partial charge in [0.1, 0.15) is 0 Å². The number of aliphatic hydroxyl groups excluding tert-OH is 1. The van der Waals surface area contributed by atoms with Crippen molar-refractivity contribution in [1.29, 1.82) is 0 Å². The van der Waals surface area contributed by atoms with E-state index >= 15 is 0 Å². The molecule has 1 heterocycles. The lowest BCUT2D eigenvalue weighted by atomic mass is 10.1. The van der Waals surface area contributed by atoms with Crippen LogP contribution in [0.2, 0.25) is 0 Å². The Kier molecular flexibility index (Phi) is 4.71. The number of rotatable bonds is 4. The van der Waals surface area contributed by atoms with Crippen LogP contribution < -0.4 is 10.3 Å². The number of hydrogen-bond donors (Lipinski definition) is 2. The monoisotopic (exact) mass is 295 g/mol. The van der Waals surface area contributed by atoms with Gasteiger partial charge in [-0.2, -0.15) is 5.10 Å². The summed E-state index contributed by atoms with van der Waals surface area (Å²) in [4.78, 5) is 2.32. The SMILES string of the molecule is OC1CCN(c2ccccc2C=NNc2ccccc2)CC1. The Balaban J connectivity index is 1.71. The third-order valence-corrected chi connectivity index (χ3v) is 3.91. The Morgan fingerprint density at radius 1 is 1.00 bits per heavy atom. The van der Waals surface area contributed by atoms with Crippen LogP contribution in [0.1, 0.15) is 18.4 Å². The zero-order chi connectivity index (χ0) is 15.2. The summed E-state index contributed by atoms with van der Waals surface area (Å²) in [6.45, 7) is 1.77. The topological polar surface area (TPSA) is 47.9 Å². The van der Waals surface area contributed by atoms with E-state index in [9.17, 15) is 5.11 Å². The van der Waals surface area contributed by atoms with Crippen molar-refractivity contribution in [3.8, 4) is 0 Å². The van der Waals surface area contributed by atoms with Gasteiger partial charge >= 0.3 is 0 Å². The average Bonchev–Trinajstić information content (AvgIpc) is 2.57. The molecule has 0 saturated carbocycles. The zero-order valence-electron chi connectivity index (χ0n) is 12.5. The number of benzene rings is 2. The largest absolute Gasteiger partial charge is 0.393 e. The van der Waals surface area contributed by atoms with E-state index < -0.39 is 0 Å². The smallest absolute Gasteiger partial charge is 0.0574 e. The summed E-state index contributed by atoms with van der Waals surface area (Å²) in [5.74, 6) is 0. The minimum atomic E-state index is -0.156. The number of nitrogens with zero attached hydrogens (tertiary/aromatic N) is 2. The second-order valence-electron chi connectivity index (χ2n) is 5.51. The standard InChI is InChI=1S/C18H21N3O/c22-17-10-12-21(13-11-17)18-9-5-4-6-15(18)14-19-20-16-7-2-1-3-8-16/h1-9,14,17,20,22H,10-13H2. The van der Waals surface area contributed by atoms with E-state index in [2.05, 4.69) is 27.6 Å². The van der Waals surface area contributed by atoms with E-state index in [1.807, 2.05) is 48.7 Å². The minimum Gasteiger partial charge on any atom is -0.393 e. The van der Waals surface area contributed by atoms with Gasteiger partial charge in [-0.05, 0) is 31.0 Å². The molecule has 4 nitrogen and oxygen atoms in total. The highest BCUT2D eigenvalue weighted by Crippen LogP contribution is 2.23. The van der Waals surface area contributed by atoms with Crippen LogP contribution in [-0.2, 0) is 0 Å². The fraction of sp³-hybridized carbons (Fsp3) is 0.278. The van der Waals surface area contributed by atoms with Gasteiger partial charge in [0.25, 0.3) is 0 Å². The van der Waals surface area contributed by atoms with E-state index in [-0.39, 0.29) is 6.10 Å². The van der Waals surface area contributed by atoms with Crippen LogP contribution in [0.5, 0.6) is 0 Å². The second-order valence-corrected chi connectivity index (χ2v) is 5.51. The summed E-state index contributed by atoms with van der Waals surface area (Å²) >= 11 is 0. The van der Waals surface area contributed by atoms with Crippen molar-refractivity contribution >= 4 is 17.6 Å². The van der Waals surface area contributed by atoms with Gasteiger partial charge in [0.2, 0.25) is 0 Å². The lowest BCUT2D eigenvalue weighted by molar-refractivity contribution is 0.145. The van der Waals surface area contributed by atoms with Crippen LogP contribution in [-0.4, -0.2) is 30.5 Å². The van der Waals surface area contributed by atoms with E-state index in [4.69, 9.17) is 0 Å². The molecule has 1 aliphatic heterocycles. The quantitative estimate of drug-likeness (QED) is 0.673. The van der Waals surface area contributed by atoms with E-state index in [0.717, 1.165) is 37.2 Å². The average molecular weight is 295 g/mol. The summed E-state index contributed by atoms with van der Waals surface area (Å²) < 4.78 is 0. The van der Waals surface area contributed by atoms with Crippen molar-refractivity contribution < 1.29 is 5.11 Å². The van der Waals surface area contributed by atoms with Crippen LogP contribution in [0.15, 0.2) is 59.7 Å². The molecule has 0 bridgehead atoms. The molecule has 4 heteroatoms. The number of hydrogen-bond acceptors (Lipinski definition) is 4. The molecule has 0 spiro atoms. The lowest BCUT2D eigenvalue weighted by Gasteiger charge is -2.32. The van der Waals surface area contributed by atoms with Crippen LogP contribution in [0, 0.1) is 0 Å². The first-order chi connectivity index (χ1) is 10.8. The molecule has 3 rings (SSSR count). The maximum absolute atomic E-state index is 9.65. The van der Waals surface area contributed by atoms with Gasteiger partial charge in [-0.1, -0.05) is 36.4 Å². The summed E-state index contributed by atoms with van der Waals surface area (Å²) in [5, 5.41) is 14.0. The Morgan fingerprint density at radius 2 is 1.68 bits per heavy atom. The molecule has 0 unspecified atom stereocenters. The molecule has 0 aliphatic carbocycles. The molecule has 0 atom stereocenters. The first-order valence-corrected chi connectivity index (χ1v) is 7.69. The van der Waals surface area contributed by atoms with Gasteiger partial charge in [0, 0.05) is 24.3 Å². The molecule has 22 heavy (non-hydrogen) atoms. The molecule has 2 aromatic carbocycles. The third-order valence-electron chi connectivity index (χ3n) is 3.91. The van der Waals surface area contributed by atoms with Crippen LogP contribution in [0.3, 0.4) is 0 Å². The molecule has 0 radical (unpaired) electrons. The Hall–Kier alpha value is -2.33. The fourth-order valence-electron chi connectivity index (χ4n) is 2.68. The molecule has 1 saturated heterocycles. The van der Waals surface area contributed by atoms with Crippen LogP contribution in [0.25, 0.3) is 0 Å². The van der Waals surface area contributed by atoms with Gasteiger partial charge in [-0.3, -0.25) is 5.43 Å². The fourth-order valence-corrected chi connectivity index (χ4v) is 2.68. The first-order valence-electron chi connectivity index (χ1n) is 7.69. The molecule has 0 aromatic heterocycles. The van der Waals surface area contributed by atoms with Gasteiger partial charge in [0.15, 0.2) is 0 Å². The number of piperidine rings is 1. The second kappa shape index (κ2) is 7.09. The molecule has 2 N–H and O–H groups in total. The molecular formula is C18H21N3O. The van der Waals surface area contributed by atoms with Crippen LogP contribution >= 0.6 is 0 Å². The maximum Gasteiger partial charge on any atom is 0.0574 e. The van der Waals surface area contributed by atoms with Crippen molar-refractivity contribution in [3.05, 3.63) is 60.2 Å². The van der Waals surface area contributed by atoms with Crippen molar-refractivity contribution in [2.75, 3.05) is 23.4 Å². The van der Waals surface area contributed by atoms with Crippen molar-refractivity contribution in [2.24, 2.45) is 5.10 Å². The van der Waals surface area contributed by atoms with Crippen molar-refractivity contribution in [2.45, 2.75) is 18.9 Å². The minimum absolute atomic E-state index is 0.156. The van der Waals surface area contributed by atoms with Crippen molar-refractivity contribution in [1.82, 2.24) is 0 Å². The normalized spacial score (nSPS) is 16.1. The summed E-state index contributed by atoms with van der Waals surface area (Å²) in [7, 11) is 0. The Morgan fingerprint density at radius 3 is 2.45 bits per heavy atom. The zero-order valence-corrected chi connectivity index (χ0v) is 12.5. The van der Waals surface area contributed by atoms with E-state index in [1.54, 1.807) is 0 Å². The maximum atomic E-state index is 9.65. The Labute approximate surface area is 131 Å². The number of anilines is 2. The highest BCUT2D eigenvalue weighted by Gasteiger charge is 2.18. The highest BCUT2D eigenvalue weighted by molar-refractivity contribution is 5.88. The first kappa shape index (κ1) is 14.6. The molecule has 2 aromatic rings. The highest BCUT2D eigenvalue weighted by atomic mass is 16.3. The van der Waals surface area contributed by atoms with Crippen molar-refractivity contribution in [3.63, 3.8) is 0 Å². The lowest BCUT2D eigenvalue weighted by Crippen LogP contribution is -2.36. The summed E-state index contributed by atoms with van der Waals surface area (Å²) in [5.41, 5.74) is 6.27. The molecular weight excluding hydrogens is 274 g/mol. The van der Waals surface area contributed by atoms with Gasteiger partial charge in [-0.15, -0.1) is 0 Å². The van der Waals surface area contributed by atoms with E-state index in [1.165, 1.54) is 5.69 Å². The predicted molar refractivity (Wildman–Crippen MR) is 91.6 cm³/mol. The number of hydrazone groups is 1. The van der Waals surface area contributed by atoms with Gasteiger partial charge in [0.05, 0.1) is 18.0 Å². The molecule has 0 amide bonds. The van der Waals surface area contributed by atoms with E-state index in [0.29, 0.717) is 0 Å².